The fourth-order valence-electron chi connectivity index (χ4n) is 2.13. The van der Waals surface area contributed by atoms with Gasteiger partial charge in [-0.15, -0.1) is 0 Å². The smallest absolute Gasteiger partial charge is 0.129 e. The first-order chi connectivity index (χ1) is 10.6. The highest BCUT2D eigenvalue weighted by molar-refractivity contribution is 6.29. The molecule has 6 nitrogen and oxygen atoms in total. The third-order valence-electron chi connectivity index (χ3n) is 3.30. The summed E-state index contributed by atoms with van der Waals surface area (Å²) in [5.74, 6) is 0. The number of halogens is 1. The van der Waals surface area contributed by atoms with E-state index in [4.69, 9.17) is 16.4 Å². The Morgan fingerprint density at radius 3 is 2.82 bits per heavy atom. The Labute approximate surface area is 137 Å². The van der Waals surface area contributed by atoms with E-state index in [1.807, 2.05) is 6.92 Å². The summed E-state index contributed by atoms with van der Waals surface area (Å²) in [6.07, 6.45) is 8.15. The van der Waals surface area contributed by atoms with Crippen molar-refractivity contribution in [2.75, 3.05) is 33.4 Å². The first kappa shape index (κ1) is 19.0. The van der Waals surface area contributed by atoms with Gasteiger partial charge in [-0.2, -0.15) is 0 Å². The normalized spacial score (nSPS) is 19.5. The number of rotatable bonds is 9. The Hall–Kier alpha value is -1.08. The summed E-state index contributed by atoms with van der Waals surface area (Å²) in [6.45, 7) is 4.76. The topological polar surface area (TPSA) is 66.3 Å². The zero-order chi connectivity index (χ0) is 16.2. The van der Waals surface area contributed by atoms with Crippen LogP contribution in [0.5, 0.6) is 0 Å². The molecule has 0 saturated carbocycles. The van der Waals surface area contributed by atoms with Gasteiger partial charge < -0.3 is 14.8 Å². The zero-order valence-corrected chi connectivity index (χ0v) is 14.1. The van der Waals surface area contributed by atoms with Crippen LogP contribution in [-0.4, -0.2) is 55.7 Å². The molecule has 0 aromatic heterocycles. The number of nitrogens with zero attached hydrogens (tertiary/aromatic N) is 2. The molecular formula is C15H26ClN3O3. The van der Waals surface area contributed by atoms with Gasteiger partial charge in [0.05, 0.1) is 12.3 Å². The lowest BCUT2D eigenvalue weighted by molar-refractivity contribution is -0.0179. The second-order valence-corrected chi connectivity index (χ2v) is 5.60. The minimum atomic E-state index is -0.528. The van der Waals surface area contributed by atoms with E-state index in [-0.39, 0.29) is 6.61 Å². The van der Waals surface area contributed by atoms with Gasteiger partial charge in [-0.3, -0.25) is 10.3 Å². The van der Waals surface area contributed by atoms with E-state index >= 15 is 0 Å². The van der Waals surface area contributed by atoms with Crippen molar-refractivity contribution in [2.45, 2.75) is 32.3 Å². The molecule has 126 valence electrons. The van der Waals surface area contributed by atoms with Crippen molar-refractivity contribution in [2.24, 2.45) is 5.16 Å². The molecule has 0 aromatic carbocycles. The van der Waals surface area contributed by atoms with Crippen LogP contribution in [0.4, 0.5) is 0 Å². The van der Waals surface area contributed by atoms with Gasteiger partial charge >= 0.3 is 0 Å². The van der Waals surface area contributed by atoms with Crippen LogP contribution < -0.4 is 5.48 Å². The molecule has 0 aromatic rings. The van der Waals surface area contributed by atoms with Crippen LogP contribution >= 0.6 is 11.6 Å². The molecule has 0 amide bonds. The summed E-state index contributed by atoms with van der Waals surface area (Å²) < 4.78 is 0. The Morgan fingerprint density at radius 1 is 1.41 bits per heavy atom. The van der Waals surface area contributed by atoms with Crippen LogP contribution in [0.25, 0.3) is 0 Å². The summed E-state index contributed by atoms with van der Waals surface area (Å²) in [4.78, 5) is 12.0. The quantitative estimate of drug-likeness (QED) is 0.293. The summed E-state index contributed by atoms with van der Waals surface area (Å²) in [5, 5.41) is 13.9. The van der Waals surface area contributed by atoms with Gasteiger partial charge in [0.25, 0.3) is 0 Å². The largest absolute Gasteiger partial charge is 0.399 e. The van der Waals surface area contributed by atoms with Gasteiger partial charge in [-0.25, -0.2) is 0 Å². The average molecular weight is 332 g/mol. The Morgan fingerprint density at radius 2 is 2.14 bits per heavy atom. The van der Waals surface area contributed by atoms with Crippen LogP contribution in [-0.2, 0) is 9.68 Å². The van der Waals surface area contributed by atoms with E-state index in [0.717, 1.165) is 18.7 Å². The fraction of sp³-hybridized carbons (Fsp3) is 0.667. The molecule has 1 heterocycles. The summed E-state index contributed by atoms with van der Waals surface area (Å²) in [5.41, 5.74) is 3.42. The molecule has 1 fully saturated rings. The number of hydrogen-bond acceptors (Lipinski definition) is 6. The predicted octanol–water partition coefficient (Wildman–Crippen LogP) is 2.01. The molecule has 1 saturated heterocycles. The average Bonchev–Trinajstić information content (AvgIpc) is 2.52. The first-order valence-corrected chi connectivity index (χ1v) is 7.89. The van der Waals surface area contributed by atoms with Crippen molar-refractivity contribution in [3.8, 4) is 0 Å². The Kier molecular flexibility index (Phi) is 9.90. The van der Waals surface area contributed by atoms with Gasteiger partial charge in [0.1, 0.15) is 18.9 Å². The number of likely N-dealkylation sites (tertiary alicyclic amines) is 1. The van der Waals surface area contributed by atoms with Gasteiger partial charge in [0.2, 0.25) is 0 Å². The first-order valence-electron chi connectivity index (χ1n) is 7.51. The van der Waals surface area contributed by atoms with Gasteiger partial charge in [0.15, 0.2) is 0 Å². The van der Waals surface area contributed by atoms with Crippen molar-refractivity contribution < 1.29 is 14.8 Å². The molecular weight excluding hydrogens is 306 g/mol. The van der Waals surface area contributed by atoms with Gasteiger partial charge in [-0.1, -0.05) is 29.3 Å². The van der Waals surface area contributed by atoms with Gasteiger partial charge in [0, 0.05) is 6.54 Å². The second kappa shape index (κ2) is 11.5. The lowest BCUT2D eigenvalue weighted by Crippen LogP contribution is -2.38. The standard InChI is InChI=1S/C15H26ClN3O3/c1-13(7-6-8-17-21-2)15(16)18-22-12-14(20)11-19-9-4-3-5-10-19/h6-8,14,18,20H,3-5,9-12H2,1-2H3. The molecule has 0 spiro atoms. The number of aliphatic hydroxyl groups excluding tert-OH is 1. The van der Waals surface area contributed by atoms with E-state index in [1.165, 1.54) is 32.6 Å². The maximum absolute atomic E-state index is 9.94. The number of oxime groups is 1. The number of aliphatic hydroxyl groups is 1. The molecule has 7 heteroatoms. The highest BCUT2D eigenvalue weighted by Crippen LogP contribution is 2.09. The second-order valence-electron chi connectivity index (χ2n) is 5.22. The fourth-order valence-corrected chi connectivity index (χ4v) is 2.25. The molecule has 1 unspecified atom stereocenters. The molecule has 1 aliphatic rings. The molecule has 22 heavy (non-hydrogen) atoms. The highest BCUT2D eigenvalue weighted by atomic mass is 35.5. The van der Waals surface area contributed by atoms with Crippen molar-refractivity contribution in [1.29, 1.82) is 0 Å². The number of hydroxylamine groups is 1. The van der Waals surface area contributed by atoms with E-state index < -0.39 is 6.10 Å². The monoisotopic (exact) mass is 331 g/mol. The Balaban J connectivity index is 2.23. The molecule has 1 aliphatic heterocycles. The molecule has 1 atom stereocenters. The maximum atomic E-state index is 9.94. The molecule has 0 bridgehead atoms. The number of β-amino-alcohol motifs (C(OH)–C–C–N with tert-alkyl or cyclic N) is 1. The van der Waals surface area contributed by atoms with Crippen LogP contribution in [0.3, 0.4) is 0 Å². The minimum Gasteiger partial charge on any atom is -0.399 e. The van der Waals surface area contributed by atoms with E-state index in [0.29, 0.717) is 11.7 Å². The lowest BCUT2D eigenvalue weighted by atomic mass is 10.1. The van der Waals surface area contributed by atoms with Crippen molar-refractivity contribution in [1.82, 2.24) is 10.4 Å². The van der Waals surface area contributed by atoms with Crippen molar-refractivity contribution in [3.63, 3.8) is 0 Å². The molecule has 0 aliphatic carbocycles. The van der Waals surface area contributed by atoms with Crippen LogP contribution in [0, 0.1) is 0 Å². The minimum absolute atomic E-state index is 0.189. The zero-order valence-electron chi connectivity index (χ0n) is 13.3. The van der Waals surface area contributed by atoms with Crippen molar-refractivity contribution in [3.05, 3.63) is 22.9 Å². The van der Waals surface area contributed by atoms with Crippen LogP contribution in [0.2, 0.25) is 0 Å². The lowest BCUT2D eigenvalue weighted by Gasteiger charge is -2.28. The third kappa shape index (κ3) is 8.38. The summed E-state index contributed by atoms with van der Waals surface area (Å²) >= 11 is 6.04. The summed E-state index contributed by atoms with van der Waals surface area (Å²) in [7, 11) is 1.48. The number of allylic oxidation sites excluding steroid dienone is 3. The molecule has 1 rings (SSSR count). The van der Waals surface area contributed by atoms with E-state index in [9.17, 15) is 5.11 Å². The summed E-state index contributed by atoms with van der Waals surface area (Å²) in [6, 6.07) is 0. The predicted molar refractivity (Wildman–Crippen MR) is 88.6 cm³/mol. The van der Waals surface area contributed by atoms with E-state index in [2.05, 4.69) is 20.4 Å². The third-order valence-corrected chi connectivity index (χ3v) is 3.68. The van der Waals surface area contributed by atoms with Crippen molar-refractivity contribution >= 4 is 17.8 Å². The number of hydrogen-bond donors (Lipinski definition) is 2. The maximum Gasteiger partial charge on any atom is 0.129 e. The number of piperidine rings is 1. The molecule has 0 radical (unpaired) electrons. The molecule has 2 N–H and O–H groups in total. The number of nitrogens with one attached hydrogen (secondary N) is 1. The van der Waals surface area contributed by atoms with Gasteiger partial charge in [-0.05, 0) is 44.5 Å². The van der Waals surface area contributed by atoms with Crippen LogP contribution in [0.15, 0.2) is 28.0 Å². The Bertz CT molecular complexity index is 393. The van der Waals surface area contributed by atoms with E-state index in [1.54, 1.807) is 12.2 Å². The van der Waals surface area contributed by atoms with Crippen LogP contribution in [0.1, 0.15) is 26.2 Å². The SMILES string of the molecule is CON=CC=CC(C)=C(Cl)NOCC(O)CN1CCCCC1. The highest BCUT2D eigenvalue weighted by Gasteiger charge is 2.14.